The molecule has 136 valence electrons. The zero-order valence-corrected chi connectivity index (χ0v) is 15.9. The quantitative estimate of drug-likeness (QED) is 0.499. The van der Waals surface area contributed by atoms with E-state index in [1.807, 2.05) is 59.5 Å². The highest BCUT2D eigenvalue weighted by Gasteiger charge is 2.15. The SMILES string of the molecule is CCCCCc1cccc2c1n(C)c(=N)n2CC(=O)c1ccc(C)cc1. The molecule has 0 aliphatic rings. The Balaban J connectivity index is 1.97. The van der Waals surface area contributed by atoms with Gasteiger partial charge in [0.15, 0.2) is 5.78 Å². The van der Waals surface area contributed by atoms with Gasteiger partial charge in [-0.05, 0) is 31.4 Å². The molecule has 1 N–H and O–H groups in total. The summed E-state index contributed by atoms with van der Waals surface area (Å²) < 4.78 is 3.72. The van der Waals surface area contributed by atoms with Gasteiger partial charge in [-0.2, -0.15) is 0 Å². The number of imidazole rings is 1. The van der Waals surface area contributed by atoms with Gasteiger partial charge in [0.05, 0.1) is 17.6 Å². The van der Waals surface area contributed by atoms with Gasteiger partial charge < -0.3 is 9.13 Å². The van der Waals surface area contributed by atoms with Crippen molar-refractivity contribution < 1.29 is 4.79 Å². The molecule has 4 heteroatoms. The van der Waals surface area contributed by atoms with Gasteiger partial charge >= 0.3 is 0 Å². The van der Waals surface area contributed by atoms with E-state index in [0.717, 1.165) is 29.4 Å². The van der Waals surface area contributed by atoms with E-state index in [4.69, 9.17) is 5.41 Å². The van der Waals surface area contributed by atoms with Gasteiger partial charge in [-0.1, -0.05) is 61.7 Å². The molecule has 1 heterocycles. The average molecular weight is 349 g/mol. The van der Waals surface area contributed by atoms with Crippen molar-refractivity contribution in [1.82, 2.24) is 9.13 Å². The zero-order chi connectivity index (χ0) is 18.7. The first kappa shape index (κ1) is 18.2. The lowest BCUT2D eigenvalue weighted by Crippen LogP contribution is -2.25. The highest BCUT2D eigenvalue weighted by atomic mass is 16.1. The number of aromatic nitrogens is 2. The lowest BCUT2D eigenvalue weighted by molar-refractivity contribution is 0.0971. The van der Waals surface area contributed by atoms with Crippen molar-refractivity contribution in [1.29, 1.82) is 5.41 Å². The van der Waals surface area contributed by atoms with Crippen molar-refractivity contribution in [2.24, 2.45) is 7.05 Å². The Morgan fingerprint density at radius 1 is 1.08 bits per heavy atom. The van der Waals surface area contributed by atoms with Crippen LogP contribution in [0.1, 0.15) is 47.7 Å². The molecule has 0 fully saturated rings. The number of unbranched alkanes of at least 4 members (excludes halogenated alkanes) is 2. The molecule has 0 bridgehead atoms. The van der Waals surface area contributed by atoms with Crippen molar-refractivity contribution in [3.05, 3.63) is 64.8 Å². The highest BCUT2D eigenvalue weighted by Crippen LogP contribution is 2.20. The maximum atomic E-state index is 12.7. The monoisotopic (exact) mass is 349 g/mol. The molecule has 0 saturated heterocycles. The van der Waals surface area contributed by atoms with Crippen LogP contribution in [0.2, 0.25) is 0 Å². The first-order valence-electron chi connectivity index (χ1n) is 9.34. The third-order valence-electron chi connectivity index (χ3n) is 5.02. The fourth-order valence-corrected chi connectivity index (χ4v) is 3.49. The van der Waals surface area contributed by atoms with Gasteiger partial charge in [-0.15, -0.1) is 0 Å². The van der Waals surface area contributed by atoms with Crippen LogP contribution >= 0.6 is 0 Å². The normalized spacial score (nSPS) is 11.2. The predicted molar refractivity (Wildman–Crippen MR) is 106 cm³/mol. The van der Waals surface area contributed by atoms with Gasteiger partial charge in [0.1, 0.15) is 0 Å². The summed E-state index contributed by atoms with van der Waals surface area (Å²) in [7, 11) is 1.92. The van der Waals surface area contributed by atoms with Crippen molar-refractivity contribution in [3.63, 3.8) is 0 Å². The number of nitrogens with one attached hydrogen (secondary N) is 1. The molecule has 0 unspecified atom stereocenters. The Hall–Kier alpha value is -2.62. The van der Waals surface area contributed by atoms with E-state index in [0.29, 0.717) is 11.2 Å². The number of benzene rings is 2. The van der Waals surface area contributed by atoms with Gasteiger partial charge in [0, 0.05) is 12.6 Å². The van der Waals surface area contributed by atoms with Crippen LogP contribution in [0.4, 0.5) is 0 Å². The van der Waals surface area contributed by atoms with Crippen molar-refractivity contribution >= 4 is 16.8 Å². The molecule has 0 aliphatic heterocycles. The number of rotatable bonds is 7. The van der Waals surface area contributed by atoms with E-state index in [1.54, 1.807) is 0 Å². The zero-order valence-electron chi connectivity index (χ0n) is 15.9. The van der Waals surface area contributed by atoms with Crippen LogP contribution in [-0.2, 0) is 20.0 Å². The van der Waals surface area contributed by atoms with Crippen molar-refractivity contribution in [2.45, 2.75) is 46.1 Å². The number of nitrogens with zero attached hydrogens (tertiary/aromatic N) is 2. The largest absolute Gasteiger partial charge is 0.313 e. The lowest BCUT2D eigenvalue weighted by Gasteiger charge is -2.06. The standard InChI is InChI=1S/C22H27N3O/c1-4-5-6-8-18-9-7-10-19-21(18)24(3)22(23)25(19)15-20(26)17-13-11-16(2)12-14-17/h7,9-14,23H,4-6,8,15H2,1-3H3. The molecule has 26 heavy (non-hydrogen) atoms. The van der Waals surface area contributed by atoms with E-state index in [9.17, 15) is 4.79 Å². The summed E-state index contributed by atoms with van der Waals surface area (Å²) in [6, 6.07) is 13.8. The van der Waals surface area contributed by atoms with Crippen LogP contribution in [-0.4, -0.2) is 14.9 Å². The van der Waals surface area contributed by atoms with Crippen LogP contribution in [0.3, 0.4) is 0 Å². The molecular weight excluding hydrogens is 322 g/mol. The molecule has 0 amide bonds. The number of hydrogen-bond donors (Lipinski definition) is 1. The summed E-state index contributed by atoms with van der Waals surface area (Å²) in [5, 5.41) is 8.50. The molecular formula is C22H27N3O. The minimum absolute atomic E-state index is 0.0346. The molecule has 2 aromatic carbocycles. The van der Waals surface area contributed by atoms with Crippen LogP contribution in [0, 0.1) is 12.3 Å². The molecule has 0 atom stereocenters. The molecule has 0 spiro atoms. The lowest BCUT2D eigenvalue weighted by atomic mass is 10.1. The third kappa shape index (κ3) is 3.50. The second kappa shape index (κ2) is 7.73. The molecule has 1 aromatic heterocycles. The summed E-state index contributed by atoms with van der Waals surface area (Å²) in [6.45, 7) is 4.41. The molecule has 0 radical (unpaired) electrons. The van der Waals surface area contributed by atoms with E-state index in [2.05, 4.69) is 13.0 Å². The number of Topliss-reactive ketones (excluding diaryl/α,β-unsaturated/α-hetero) is 1. The minimum atomic E-state index is 0.0346. The third-order valence-corrected chi connectivity index (χ3v) is 5.02. The van der Waals surface area contributed by atoms with Gasteiger partial charge in [0.25, 0.3) is 0 Å². The predicted octanol–water partition coefficient (Wildman–Crippen LogP) is 4.38. The van der Waals surface area contributed by atoms with Gasteiger partial charge in [-0.3, -0.25) is 10.2 Å². The summed E-state index contributed by atoms with van der Waals surface area (Å²) in [4.78, 5) is 12.7. The number of fused-ring (bicyclic) bond motifs is 1. The number of hydrogen-bond acceptors (Lipinski definition) is 2. The number of para-hydroxylation sites is 1. The van der Waals surface area contributed by atoms with E-state index < -0.39 is 0 Å². The Kier molecular flexibility index (Phi) is 5.40. The highest BCUT2D eigenvalue weighted by molar-refractivity contribution is 5.96. The van der Waals surface area contributed by atoms with E-state index >= 15 is 0 Å². The van der Waals surface area contributed by atoms with Crippen LogP contribution in [0.5, 0.6) is 0 Å². The number of aryl methyl sites for hydroxylation is 3. The van der Waals surface area contributed by atoms with Crippen molar-refractivity contribution in [3.8, 4) is 0 Å². The minimum Gasteiger partial charge on any atom is -0.313 e. The Morgan fingerprint density at radius 2 is 1.81 bits per heavy atom. The smallest absolute Gasteiger partial charge is 0.203 e. The first-order chi connectivity index (χ1) is 12.5. The molecule has 4 nitrogen and oxygen atoms in total. The summed E-state index contributed by atoms with van der Waals surface area (Å²) >= 11 is 0. The van der Waals surface area contributed by atoms with Crippen LogP contribution in [0.15, 0.2) is 42.5 Å². The molecule has 3 rings (SSSR count). The van der Waals surface area contributed by atoms with Gasteiger partial charge in [0.2, 0.25) is 5.62 Å². The molecule has 0 aliphatic carbocycles. The maximum absolute atomic E-state index is 12.7. The number of carbonyl (C=O) groups is 1. The van der Waals surface area contributed by atoms with Crippen LogP contribution in [0.25, 0.3) is 11.0 Å². The topological polar surface area (TPSA) is 50.8 Å². The Labute approximate surface area is 154 Å². The Bertz CT molecular complexity index is 977. The van der Waals surface area contributed by atoms with Crippen LogP contribution < -0.4 is 5.62 Å². The number of carbonyl (C=O) groups excluding carboxylic acids is 1. The fourth-order valence-electron chi connectivity index (χ4n) is 3.49. The number of ketones is 1. The summed E-state index contributed by atoms with van der Waals surface area (Å²) in [6.07, 6.45) is 4.56. The Morgan fingerprint density at radius 3 is 2.50 bits per heavy atom. The van der Waals surface area contributed by atoms with E-state index in [1.165, 1.54) is 18.4 Å². The second-order valence-electron chi connectivity index (χ2n) is 7.00. The summed E-state index contributed by atoms with van der Waals surface area (Å²) in [5.41, 5.74) is 5.49. The summed E-state index contributed by atoms with van der Waals surface area (Å²) in [5.74, 6) is 0.0346. The fraction of sp³-hybridized carbons (Fsp3) is 0.364. The molecule has 3 aromatic rings. The first-order valence-corrected chi connectivity index (χ1v) is 9.34. The second-order valence-corrected chi connectivity index (χ2v) is 7.00. The molecule has 0 saturated carbocycles. The van der Waals surface area contributed by atoms with Crippen molar-refractivity contribution in [2.75, 3.05) is 0 Å². The average Bonchev–Trinajstić information content (AvgIpc) is 2.88. The van der Waals surface area contributed by atoms with Gasteiger partial charge in [-0.25, -0.2) is 0 Å². The maximum Gasteiger partial charge on any atom is 0.203 e. The van der Waals surface area contributed by atoms with E-state index in [-0.39, 0.29) is 12.3 Å².